The number of anilines is 1. The summed E-state index contributed by atoms with van der Waals surface area (Å²) in [5, 5.41) is 5.65. The molecule has 0 spiro atoms. The van der Waals surface area contributed by atoms with Crippen LogP contribution in [0, 0.1) is 6.92 Å². The van der Waals surface area contributed by atoms with Gasteiger partial charge in [0.2, 0.25) is 0 Å². The number of nitrogens with one attached hydrogen (secondary N) is 2. The Morgan fingerprint density at radius 3 is 2.16 bits per heavy atom. The number of benzene rings is 3. The lowest BCUT2D eigenvalue weighted by atomic mass is 10.1. The zero-order chi connectivity index (χ0) is 17.5. The molecule has 0 radical (unpaired) electrons. The van der Waals surface area contributed by atoms with E-state index < -0.39 is 0 Å². The molecule has 0 unspecified atom stereocenters. The third-order valence-electron chi connectivity index (χ3n) is 3.66. The van der Waals surface area contributed by atoms with E-state index in [1.165, 1.54) is 5.56 Å². The Bertz CT molecular complexity index is 813. The number of carbonyl (C=O) groups excluding carboxylic acids is 1. The third-order valence-corrected chi connectivity index (χ3v) is 3.66. The molecule has 0 aliphatic rings. The van der Waals surface area contributed by atoms with Crippen molar-refractivity contribution < 1.29 is 9.53 Å². The Morgan fingerprint density at radius 1 is 0.840 bits per heavy atom. The van der Waals surface area contributed by atoms with E-state index in [2.05, 4.69) is 10.6 Å². The Balaban J connectivity index is 1.50. The van der Waals surface area contributed by atoms with E-state index in [-0.39, 0.29) is 6.03 Å². The SMILES string of the molecule is Cc1ccc(CNC(=O)Nc2ccc(Oc3ccccc3)cc2)cc1. The Hall–Kier alpha value is -3.27. The van der Waals surface area contributed by atoms with E-state index in [1.807, 2.05) is 85.8 Å². The molecule has 4 heteroatoms. The molecular formula is C21H20N2O2. The maximum Gasteiger partial charge on any atom is 0.319 e. The van der Waals surface area contributed by atoms with Crippen LogP contribution < -0.4 is 15.4 Å². The van der Waals surface area contributed by atoms with Crippen LogP contribution in [0.4, 0.5) is 10.5 Å². The quantitative estimate of drug-likeness (QED) is 0.682. The van der Waals surface area contributed by atoms with Crippen molar-refractivity contribution in [2.45, 2.75) is 13.5 Å². The molecule has 0 bridgehead atoms. The maximum absolute atomic E-state index is 12.0. The Kier molecular flexibility index (Phi) is 5.32. The van der Waals surface area contributed by atoms with Gasteiger partial charge in [0.25, 0.3) is 0 Å². The van der Waals surface area contributed by atoms with Gasteiger partial charge in [0.05, 0.1) is 0 Å². The summed E-state index contributed by atoms with van der Waals surface area (Å²) in [5.74, 6) is 1.50. The van der Waals surface area contributed by atoms with Crippen LogP contribution in [0.2, 0.25) is 0 Å². The number of amides is 2. The second kappa shape index (κ2) is 8.02. The van der Waals surface area contributed by atoms with E-state index >= 15 is 0 Å². The van der Waals surface area contributed by atoms with E-state index in [1.54, 1.807) is 0 Å². The fourth-order valence-corrected chi connectivity index (χ4v) is 2.29. The van der Waals surface area contributed by atoms with Gasteiger partial charge in [0.1, 0.15) is 11.5 Å². The van der Waals surface area contributed by atoms with Crippen molar-refractivity contribution in [3.05, 3.63) is 90.0 Å². The van der Waals surface area contributed by atoms with Crippen LogP contribution in [0.1, 0.15) is 11.1 Å². The van der Waals surface area contributed by atoms with E-state index in [0.717, 1.165) is 17.1 Å². The summed E-state index contributed by atoms with van der Waals surface area (Å²) < 4.78 is 5.72. The molecule has 0 saturated heterocycles. The standard InChI is InChI=1S/C21H20N2O2/c1-16-7-9-17(10-8-16)15-22-21(24)23-18-11-13-20(14-12-18)25-19-5-3-2-4-6-19/h2-14H,15H2,1H3,(H2,22,23,24). The van der Waals surface area contributed by atoms with Gasteiger partial charge < -0.3 is 15.4 Å². The first-order valence-electron chi connectivity index (χ1n) is 8.12. The minimum atomic E-state index is -0.239. The average molecular weight is 332 g/mol. The summed E-state index contributed by atoms with van der Waals surface area (Å²) in [6.45, 7) is 2.52. The molecule has 0 aliphatic heterocycles. The van der Waals surface area contributed by atoms with Crippen molar-refractivity contribution in [3.8, 4) is 11.5 Å². The summed E-state index contributed by atoms with van der Waals surface area (Å²) in [4.78, 5) is 12.0. The summed E-state index contributed by atoms with van der Waals surface area (Å²) in [7, 11) is 0. The minimum Gasteiger partial charge on any atom is -0.457 e. The third kappa shape index (κ3) is 5.11. The molecule has 2 amide bonds. The molecule has 3 aromatic rings. The van der Waals surface area contributed by atoms with Gasteiger partial charge in [-0.3, -0.25) is 0 Å². The Labute approximate surface area is 147 Å². The fraction of sp³-hybridized carbons (Fsp3) is 0.0952. The van der Waals surface area contributed by atoms with Crippen LogP contribution in [0.3, 0.4) is 0 Å². The molecular weight excluding hydrogens is 312 g/mol. The highest BCUT2D eigenvalue weighted by Gasteiger charge is 2.03. The van der Waals surface area contributed by atoms with Gasteiger partial charge in [0, 0.05) is 12.2 Å². The molecule has 0 saturated carbocycles. The minimum absolute atomic E-state index is 0.239. The zero-order valence-electron chi connectivity index (χ0n) is 14.0. The number of hydrogen-bond acceptors (Lipinski definition) is 2. The molecule has 0 fully saturated rings. The van der Waals surface area contributed by atoms with Gasteiger partial charge in [-0.2, -0.15) is 0 Å². The van der Waals surface area contributed by atoms with E-state index in [9.17, 15) is 4.79 Å². The number of aryl methyl sites for hydroxylation is 1. The van der Waals surface area contributed by atoms with Crippen molar-refractivity contribution in [2.24, 2.45) is 0 Å². The van der Waals surface area contributed by atoms with Crippen molar-refractivity contribution in [3.63, 3.8) is 0 Å². The summed E-state index contributed by atoms with van der Waals surface area (Å²) in [5.41, 5.74) is 2.97. The zero-order valence-corrected chi connectivity index (χ0v) is 14.0. The van der Waals surface area contributed by atoms with Gasteiger partial charge >= 0.3 is 6.03 Å². The smallest absolute Gasteiger partial charge is 0.319 e. The van der Waals surface area contributed by atoms with E-state index in [4.69, 9.17) is 4.74 Å². The normalized spacial score (nSPS) is 10.1. The summed E-state index contributed by atoms with van der Waals surface area (Å²) in [6, 6.07) is 24.7. The molecule has 126 valence electrons. The second-order valence-corrected chi connectivity index (χ2v) is 5.73. The van der Waals surface area contributed by atoms with Crippen LogP contribution in [-0.2, 0) is 6.54 Å². The van der Waals surface area contributed by atoms with Crippen molar-refractivity contribution in [1.29, 1.82) is 0 Å². The molecule has 3 rings (SSSR count). The lowest BCUT2D eigenvalue weighted by molar-refractivity contribution is 0.251. The Morgan fingerprint density at radius 2 is 1.48 bits per heavy atom. The molecule has 3 aromatic carbocycles. The summed E-state index contributed by atoms with van der Waals surface area (Å²) in [6.07, 6.45) is 0. The van der Waals surface area contributed by atoms with Gasteiger partial charge in [-0.1, -0.05) is 48.0 Å². The van der Waals surface area contributed by atoms with Gasteiger partial charge in [-0.25, -0.2) is 4.79 Å². The molecule has 0 atom stereocenters. The lowest BCUT2D eigenvalue weighted by Gasteiger charge is -2.09. The summed E-state index contributed by atoms with van der Waals surface area (Å²) >= 11 is 0. The molecule has 2 N–H and O–H groups in total. The van der Waals surface area contributed by atoms with Crippen LogP contribution in [0.25, 0.3) is 0 Å². The van der Waals surface area contributed by atoms with Gasteiger partial charge in [-0.15, -0.1) is 0 Å². The fourth-order valence-electron chi connectivity index (χ4n) is 2.29. The number of hydrogen-bond donors (Lipinski definition) is 2. The van der Waals surface area contributed by atoms with Gasteiger partial charge in [-0.05, 0) is 48.9 Å². The largest absolute Gasteiger partial charge is 0.457 e. The van der Waals surface area contributed by atoms with Crippen molar-refractivity contribution in [1.82, 2.24) is 5.32 Å². The predicted molar refractivity (Wildman–Crippen MR) is 100.0 cm³/mol. The first kappa shape index (κ1) is 16.6. The number of rotatable bonds is 5. The highest BCUT2D eigenvalue weighted by molar-refractivity contribution is 5.89. The molecule has 4 nitrogen and oxygen atoms in total. The van der Waals surface area contributed by atoms with Crippen LogP contribution >= 0.6 is 0 Å². The first-order chi connectivity index (χ1) is 12.2. The van der Waals surface area contributed by atoms with Crippen molar-refractivity contribution >= 4 is 11.7 Å². The molecule has 0 heterocycles. The average Bonchev–Trinajstić information content (AvgIpc) is 2.64. The van der Waals surface area contributed by atoms with E-state index in [0.29, 0.717) is 12.2 Å². The maximum atomic E-state index is 12.0. The predicted octanol–water partition coefficient (Wildman–Crippen LogP) is 5.11. The number of ether oxygens (including phenoxy) is 1. The van der Waals surface area contributed by atoms with Crippen LogP contribution in [-0.4, -0.2) is 6.03 Å². The lowest BCUT2D eigenvalue weighted by Crippen LogP contribution is -2.28. The van der Waals surface area contributed by atoms with Crippen LogP contribution in [0.15, 0.2) is 78.9 Å². The molecule has 0 aromatic heterocycles. The topological polar surface area (TPSA) is 50.4 Å². The van der Waals surface area contributed by atoms with Crippen LogP contribution in [0.5, 0.6) is 11.5 Å². The number of carbonyl (C=O) groups is 1. The highest BCUT2D eigenvalue weighted by atomic mass is 16.5. The second-order valence-electron chi connectivity index (χ2n) is 5.73. The number of urea groups is 1. The van der Waals surface area contributed by atoms with Crippen molar-refractivity contribution in [2.75, 3.05) is 5.32 Å². The monoisotopic (exact) mass is 332 g/mol. The number of para-hydroxylation sites is 1. The highest BCUT2D eigenvalue weighted by Crippen LogP contribution is 2.22. The molecule has 0 aliphatic carbocycles. The molecule has 25 heavy (non-hydrogen) atoms. The van der Waals surface area contributed by atoms with Gasteiger partial charge in [0.15, 0.2) is 0 Å². The first-order valence-corrected chi connectivity index (χ1v) is 8.12.